The fourth-order valence-corrected chi connectivity index (χ4v) is 4.83. The minimum absolute atomic E-state index is 0.141. The van der Waals surface area contributed by atoms with Crippen LogP contribution in [0.5, 0.6) is 0 Å². The van der Waals surface area contributed by atoms with Gasteiger partial charge in [0.05, 0.1) is 11.4 Å². The summed E-state index contributed by atoms with van der Waals surface area (Å²) in [6, 6.07) is 12.1. The predicted molar refractivity (Wildman–Crippen MR) is 120 cm³/mol. The van der Waals surface area contributed by atoms with Gasteiger partial charge in [0.25, 0.3) is 0 Å². The van der Waals surface area contributed by atoms with Crippen LogP contribution in [0.1, 0.15) is 48.5 Å². The molecule has 0 radical (unpaired) electrons. The summed E-state index contributed by atoms with van der Waals surface area (Å²) >= 11 is 0. The number of halogens is 1. The molecule has 170 valence electrons. The average molecular weight is 458 g/mol. The molecule has 1 saturated carbocycles. The first-order valence-electron chi connectivity index (χ1n) is 10.7. The molecule has 0 spiro atoms. The van der Waals surface area contributed by atoms with E-state index in [4.69, 9.17) is 10.1 Å². The van der Waals surface area contributed by atoms with E-state index in [2.05, 4.69) is 23.1 Å². The van der Waals surface area contributed by atoms with Gasteiger partial charge in [0.2, 0.25) is 10.0 Å². The van der Waals surface area contributed by atoms with Crippen molar-refractivity contribution in [2.45, 2.75) is 56.5 Å². The summed E-state index contributed by atoms with van der Waals surface area (Å²) in [5.41, 5.74) is 2.30. The van der Waals surface area contributed by atoms with Crippen LogP contribution in [0.25, 0.3) is 5.69 Å². The quantitative estimate of drug-likeness (QED) is 0.587. The van der Waals surface area contributed by atoms with E-state index in [0.717, 1.165) is 30.0 Å². The van der Waals surface area contributed by atoms with Crippen LogP contribution in [0.4, 0.5) is 4.39 Å². The molecule has 1 aliphatic carbocycles. The van der Waals surface area contributed by atoms with Crippen LogP contribution < -0.4 is 5.14 Å². The number of nitrogens with two attached hydrogens (primary N) is 1. The van der Waals surface area contributed by atoms with Crippen molar-refractivity contribution in [2.24, 2.45) is 5.14 Å². The molecule has 0 unspecified atom stereocenters. The van der Waals surface area contributed by atoms with E-state index in [9.17, 15) is 12.8 Å². The lowest BCUT2D eigenvalue weighted by molar-refractivity contribution is 0.232. The molecule has 7 nitrogen and oxygen atoms in total. The van der Waals surface area contributed by atoms with Gasteiger partial charge in [-0.05, 0) is 50.6 Å². The Hall–Kier alpha value is -2.62. The molecule has 9 heteroatoms. The van der Waals surface area contributed by atoms with Crippen molar-refractivity contribution in [3.05, 3.63) is 71.1 Å². The van der Waals surface area contributed by atoms with E-state index in [1.165, 1.54) is 29.7 Å². The Morgan fingerprint density at radius 2 is 1.94 bits per heavy atom. The number of primary sulfonamides is 1. The Morgan fingerprint density at radius 3 is 2.59 bits per heavy atom. The summed E-state index contributed by atoms with van der Waals surface area (Å²) in [7, 11) is -1.93. The Bertz CT molecular complexity index is 1220. The van der Waals surface area contributed by atoms with Gasteiger partial charge >= 0.3 is 0 Å². The molecule has 0 saturated heterocycles. The first-order chi connectivity index (χ1) is 15.2. The smallest absolute Gasteiger partial charge is 0.238 e. The maximum absolute atomic E-state index is 14.9. The van der Waals surface area contributed by atoms with Crippen molar-refractivity contribution >= 4 is 10.0 Å². The van der Waals surface area contributed by atoms with Crippen molar-refractivity contribution in [3.63, 3.8) is 0 Å². The molecular weight excluding hydrogens is 429 g/mol. The second-order valence-corrected chi connectivity index (χ2v) is 10.1. The predicted octanol–water partition coefficient (Wildman–Crippen LogP) is 3.33. The highest BCUT2D eigenvalue weighted by Gasteiger charge is 2.23. The Balaban J connectivity index is 1.71. The van der Waals surface area contributed by atoms with E-state index >= 15 is 0 Å². The van der Waals surface area contributed by atoms with Gasteiger partial charge in [0.15, 0.2) is 5.82 Å². The number of hydrogen-bond acceptors (Lipinski definition) is 5. The molecule has 2 aromatic carbocycles. The maximum Gasteiger partial charge on any atom is 0.238 e. The van der Waals surface area contributed by atoms with Crippen LogP contribution in [0, 0.1) is 12.7 Å². The first-order valence-corrected chi connectivity index (χ1v) is 12.3. The number of benzene rings is 2. The lowest BCUT2D eigenvalue weighted by Crippen LogP contribution is -2.29. The molecule has 32 heavy (non-hydrogen) atoms. The van der Waals surface area contributed by atoms with Gasteiger partial charge in [-0.15, -0.1) is 5.10 Å². The fraction of sp³-hybridized carbons (Fsp3) is 0.391. The molecule has 1 heterocycles. The third kappa shape index (κ3) is 5.06. The normalized spacial score (nSPS) is 15.0. The molecule has 1 aliphatic rings. The third-order valence-corrected chi connectivity index (χ3v) is 6.89. The molecule has 1 aromatic heterocycles. The number of nitrogens with zero attached hydrogens (tertiary/aromatic N) is 4. The molecule has 2 N–H and O–H groups in total. The van der Waals surface area contributed by atoms with Gasteiger partial charge < -0.3 is 0 Å². The number of aryl methyl sites for hydroxylation is 1. The number of hydrogen-bond donors (Lipinski definition) is 1. The molecule has 0 bridgehead atoms. The Kier molecular flexibility index (Phi) is 6.41. The van der Waals surface area contributed by atoms with Crippen LogP contribution >= 0.6 is 0 Å². The summed E-state index contributed by atoms with van der Waals surface area (Å²) in [5.74, 6) is 0.479. The van der Waals surface area contributed by atoms with Gasteiger partial charge in [-0.2, -0.15) is 0 Å². The van der Waals surface area contributed by atoms with Crippen molar-refractivity contribution < 1.29 is 12.8 Å². The van der Waals surface area contributed by atoms with Crippen LogP contribution in [0.15, 0.2) is 47.4 Å². The summed E-state index contributed by atoms with van der Waals surface area (Å²) in [4.78, 5) is 6.71. The summed E-state index contributed by atoms with van der Waals surface area (Å²) in [5, 5.41) is 9.75. The lowest BCUT2D eigenvalue weighted by atomic mass is 10.1. The highest BCUT2D eigenvalue weighted by molar-refractivity contribution is 7.89. The van der Waals surface area contributed by atoms with Gasteiger partial charge in [-0.3, -0.25) is 4.90 Å². The zero-order valence-corrected chi connectivity index (χ0v) is 19.1. The van der Waals surface area contributed by atoms with E-state index in [1.54, 1.807) is 0 Å². The van der Waals surface area contributed by atoms with Crippen LogP contribution in [-0.2, 0) is 23.0 Å². The van der Waals surface area contributed by atoms with Crippen molar-refractivity contribution in [1.82, 2.24) is 19.7 Å². The second kappa shape index (κ2) is 9.09. The Morgan fingerprint density at radius 1 is 1.19 bits per heavy atom. The second-order valence-electron chi connectivity index (χ2n) is 8.53. The van der Waals surface area contributed by atoms with Crippen molar-refractivity contribution in [2.75, 3.05) is 7.05 Å². The van der Waals surface area contributed by atoms with Gasteiger partial charge in [0, 0.05) is 12.5 Å². The molecule has 3 aromatic rings. The number of sulfonamides is 1. The summed E-state index contributed by atoms with van der Waals surface area (Å²) < 4.78 is 39.6. The average Bonchev–Trinajstić information content (AvgIpc) is 3.38. The maximum atomic E-state index is 14.9. The van der Waals surface area contributed by atoms with E-state index in [-0.39, 0.29) is 10.6 Å². The lowest BCUT2D eigenvalue weighted by Gasteiger charge is -2.22. The standard InChI is InChI=1S/C23H28FN5O2S/c1-16-6-5-7-17(12-16)13-23-26-22(15-28(2)18-8-3-4-9-18)27-29(23)21-11-10-19(14-20(21)24)32(25,30)31/h5-7,10-12,14,18H,3-4,8-9,13,15H2,1-2H3,(H2,25,30,31). The molecule has 1 fully saturated rings. The van der Waals surface area contributed by atoms with Crippen molar-refractivity contribution in [3.8, 4) is 5.69 Å². The van der Waals surface area contributed by atoms with Gasteiger partial charge in [-0.25, -0.2) is 27.6 Å². The third-order valence-electron chi connectivity index (χ3n) is 5.98. The zero-order valence-electron chi connectivity index (χ0n) is 18.3. The van der Waals surface area contributed by atoms with Gasteiger partial charge in [-0.1, -0.05) is 42.7 Å². The highest BCUT2D eigenvalue weighted by atomic mass is 32.2. The van der Waals surface area contributed by atoms with E-state index in [0.29, 0.717) is 30.7 Å². The minimum atomic E-state index is -4.00. The van der Waals surface area contributed by atoms with Crippen LogP contribution in [0.3, 0.4) is 0 Å². The molecule has 0 atom stereocenters. The van der Waals surface area contributed by atoms with E-state index in [1.807, 2.05) is 25.1 Å². The van der Waals surface area contributed by atoms with Crippen LogP contribution in [-0.4, -0.2) is 41.2 Å². The van der Waals surface area contributed by atoms with Gasteiger partial charge in [0.1, 0.15) is 17.3 Å². The summed E-state index contributed by atoms with van der Waals surface area (Å²) in [6.07, 6.45) is 5.26. The molecule has 4 rings (SSSR count). The number of aromatic nitrogens is 3. The molecule has 0 aliphatic heterocycles. The van der Waals surface area contributed by atoms with Crippen LogP contribution in [0.2, 0.25) is 0 Å². The zero-order chi connectivity index (χ0) is 22.9. The number of rotatable bonds is 7. The summed E-state index contributed by atoms with van der Waals surface area (Å²) in [6.45, 7) is 2.58. The molecule has 0 amide bonds. The first kappa shape index (κ1) is 22.6. The van der Waals surface area contributed by atoms with E-state index < -0.39 is 15.8 Å². The minimum Gasteiger partial charge on any atom is -0.296 e. The fourth-order valence-electron chi connectivity index (χ4n) is 4.30. The topological polar surface area (TPSA) is 94.1 Å². The van der Waals surface area contributed by atoms with Crippen molar-refractivity contribution in [1.29, 1.82) is 0 Å². The largest absolute Gasteiger partial charge is 0.296 e. The highest BCUT2D eigenvalue weighted by Crippen LogP contribution is 2.24. The Labute approximate surface area is 188 Å². The SMILES string of the molecule is Cc1cccc(Cc2nc(CN(C)C3CCCC3)nn2-c2ccc(S(N)(=O)=O)cc2F)c1. The monoisotopic (exact) mass is 457 g/mol. The molecular formula is C23H28FN5O2S.